The van der Waals surface area contributed by atoms with Gasteiger partial charge in [0.05, 0.1) is 0 Å². The molecule has 0 radical (unpaired) electrons. The van der Waals surface area contributed by atoms with E-state index >= 15 is 0 Å². The summed E-state index contributed by atoms with van der Waals surface area (Å²) in [7, 11) is 0. The molecule has 0 bridgehead atoms. The molecule has 4 rings (SSSR count). The fourth-order valence-corrected chi connectivity index (χ4v) is 5.81. The van der Waals surface area contributed by atoms with Gasteiger partial charge in [0, 0.05) is 5.02 Å². The average molecular weight is 487 g/mol. The lowest BCUT2D eigenvalue weighted by molar-refractivity contribution is 0.310. The molecule has 0 unspecified atom stereocenters. The van der Waals surface area contributed by atoms with Crippen LogP contribution in [0.4, 0.5) is 0 Å². The van der Waals surface area contributed by atoms with Gasteiger partial charge in [0.2, 0.25) is 0 Å². The van der Waals surface area contributed by atoms with Gasteiger partial charge in [-0.05, 0) is 116 Å². The second-order valence-electron chi connectivity index (χ2n) is 10.8. The van der Waals surface area contributed by atoms with E-state index in [0.29, 0.717) is 0 Å². The van der Waals surface area contributed by atoms with Crippen LogP contribution >= 0.6 is 11.6 Å². The predicted octanol–water partition coefficient (Wildman–Crippen LogP) is 10.2. The Morgan fingerprint density at radius 1 is 0.571 bits per heavy atom. The van der Waals surface area contributed by atoms with Crippen molar-refractivity contribution in [1.29, 1.82) is 0 Å². The molecule has 0 saturated heterocycles. The van der Waals surface area contributed by atoms with Gasteiger partial charge in [0.15, 0.2) is 0 Å². The van der Waals surface area contributed by atoms with Gasteiger partial charge in [-0.25, -0.2) is 0 Å². The SMILES string of the molecule is CCCCCCc1ccc(C2CCC(CCc3ccc(CCc4ccc(Cl)cc4)cc3)CC2)cc1. The quantitative estimate of drug-likeness (QED) is 0.223. The molecule has 0 atom stereocenters. The molecule has 0 nitrogen and oxygen atoms in total. The van der Waals surface area contributed by atoms with Crippen molar-refractivity contribution in [3.63, 3.8) is 0 Å². The summed E-state index contributed by atoms with van der Waals surface area (Å²) in [6.07, 6.45) is 16.9. The Labute approximate surface area is 219 Å². The second-order valence-corrected chi connectivity index (χ2v) is 11.2. The third kappa shape index (κ3) is 8.53. The summed E-state index contributed by atoms with van der Waals surface area (Å²) in [4.78, 5) is 0. The van der Waals surface area contributed by atoms with Gasteiger partial charge in [0.1, 0.15) is 0 Å². The lowest BCUT2D eigenvalue weighted by Crippen LogP contribution is -2.14. The highest BCUT2D eigenvalue weighted by Crippen LogP contribution is 2.37. The fourth-order valence-electron chi connectivity index (χ4n) is 5.68. The molecule has 0 amide bonds. The van der Waals surface area contributed by atoms with Gasteiger partial charge in [-0.3, -0.25) is 0 Å². The van der Waals surface area contributed by atoms with Crippen molar-refractivity contribution in [2.75, 3.05) is 0 Å². The Balaban J connectivity index is 1.15. The summed E-state index contributed by atoms with van der Waals surface area (Å²) in [5, 5.41) is 0.814. The van der Waals surface area contributed by atoms with E-state index in [0.717, 1.165) is 29.7 Å². The van der Waals surface area contributed by atoms with E-state index in [9.17, 15) is 0 Å². The number of halogens is 1. The predicted molar refractivity (Wildman–Crippen MR) is 153 cm³/mol. The molecule has 3 aromatic carbocycles. The Morgan fingerprint density at radius 3 is 1.69 bits per heavy atom. The molecule has 0 N–H and O–H groups in total. The highest BCUT2D eigenvalue weighted by atomic mass is 35.5. The number of rotatable bonds is 12. The van der Waals surface area contributed by atoms with Crippen LogP contribution < -0.4 is 0 Å². The zero-order valence-electron chi connectivity index (χ0n) is 21.7. The summed E-state index contributed by atoms with van der Waals surface area (Å²) in [5.41, 5.74) is 7.38. The van der Waals surface area contributed by atoms with Crippen LogP contribution in [-0.4, -0.2) is 0 Å². The number of unbranched alkanes of at least 4 members (excludes halogenated alkanes) is 3. The first-order chi connectivity index (χ1) is 17.2. The van der Waals surface area contributed by atoms with Gasteiger partial charge in [-0.2, -0.15) is 0 Å². The molecule has 0 aromatic heterocycles. The van der Waals surface area contributed by atoms with Crippen LogP contribution in [0, 0.1) is 5.92 Å². The van der Waals surface area contributed by atoms with Crippen LogP contribution in [0.2, 0.25) is 5.02 Å². The highest BCUT2D eigenvalue weighted by Gasteiger charge is 2.22. The number of hydrogen-bond donors (Lipinski definition) is 0. The van der Waals surface area contributed by atoms with E-state index in [1.54, 1.807) is 5.56 Å². The first kappa shape index (κ1) is 26.0. The average Bonchev–Trinajstić information content (AvgIpc) is 2.91. The zero-order chi connectivity index (χ0) is 24.3. The molecule has 1 saturated carbocycles. The van der Waals surface area contributed by atoms with Gasteiger partial charge >= 0.3 is 0 Å². The minimum atomic E-state index is 0.778. The molecular weight excluding hydrogens is 444 g/mol. The lowest BCUT2D eigenvalue weighted by atomic mass is 9.76. The molecule has 1 aliphatic rings. The van der Waals surface area contributed by atoms with Gasteiger partial charge < -0.3 is 0 Å². The van der Waals surface area contributed by atoms with Gasteiger partial charge in [0.25, 0.3) is 0 Å². The Hall–Kier alpha value is -2.05. The topological polar surface area (TPSA) is 0 Å². The molecule has 0 aliphatic heterocycles. The maximum atomic E-state index is 5.99. The van der Waals surface area contributed by atoms with E-state index in [-0.39, 0.29) is 0 Å². The van der Waals surface area contributed by atoms with Crippen LogP contribution in [-0.2, 0) is 25.7 Å². The van der Waals surface area contributed by atoms with E-state index in [1.807, 2.05) is 12.1 Å². The van der Waals surface area contributed by atoms with Crippen LogP contribution in [0.5, 0.6) is 0 Å². The third-order valence-corrected chi connectivity index (χ3v) is 8.35. The summed E-state index contributed by atoms with van der Waals surface area (Å²) in [6.45, 7) is 2.28. The molecule has 1 heteroatoms. The van der Waals surface area contributed by atoms with Gasteiger partial charge in [-0.1, -0.05) is 98.5 Å². The van der Waals surface area contributed by atoms with Crippen molar-refractivity contribution in [1.82, 2.24) is 0 Å². The molecule has 0 heterocycles. The first-order valence-electron chi connectivity index (χ1n) is 14.1. The summed E-state index contributed by atoms with van der Waals surface area (Å²) in [6, 6.07) is 27.2. The molecule has 35 heavy (non-hydrogen) atoms. The minimum Gasteiger partial charge on any atom is -0.0843 e. The van der Waals surface area contributed by atoms with Crippen molar-refractivity contribution < 1.29 is 0 Å². The van der Waals surface area contributed by atoms with Crippen molar-refractivity contribution in [2.24, 2.45) is 5.92 Å². The second kappa shape index (κ2) is 13.9. The number of hydrogen-bond acceptors (Lipinski definition) is 0. The summed E-state index contributed by atoms with van der Waals surface area (Å²) in [5.74, 6) is 1.67. The Bertz CT molecular complexity index is 976. The monoisotopic (exact) mass is 486 g/mol. The minimum absolute atomic E-state index is 0.778. The van der Waals surface area contributed by atoms with Crippen molar-refractivity contribution >= 4 is 11.6 Å². The molecule has 186 valence electrons. The van der Waals surface area contributed by atoms with Crippen molar-refractivity contribution in [2.45, 2.75) is 96.3 Å². The summed E-state index contributed by atoms with van der Waals surface area (Å²) >= 11 is 5.99. The normalized spacial score (nSPS) is 18.0. The number of benzene rings is 3. The van der Waals surface area contributed by atoms with Crippen LogP contribution in [0.15, 0.2) is 72.8 Å². The van der Waals surface area contributed by atoms with E-state index in [1.165, 1.54) is 92.9 Å². The Morgan fingerprint density at radius 2 is 1.09 bits per heavy atom. The maximum absolute atomic E-state index is 5.99. The van der Waals surface area contributed by atoms with Gasteiger partial charge in [-0.15, -0.1) is 0 Å². The fraction of sp³-hybridized carbons (Fsp3) is 0.471. The van der Waals surface area contributed by atoms with Crippen LogP contribution in [0.25, 0.3) is 0 Å². The van der Waals surface area contributed by atoms with Crippen LogP contribution in [0.3, 0.4) is 0 Å². The molecule has 1 aliphatic carbocycles. The zero-order valence-corrected chi connectivity index (χ0v) is 22.4. The highest BCUT2D eigenvalue weighted by molar-refractivity contribution is 6.30. The maximum Gasteiger partial charge on any atom is 0.0406 e. The molecule has 0 spiro atoms. The van der Waals surface area contributed by atoms with Crippen molar-refractivity contribution in [3.05, 3.63) is 106 Å². The Kier molecular flexibility index (Phi) is 10.3. The van der Waals surface area contributed by atoms with E-state index < -0.39 is 0 Å². The van der Waals surface area contributed by atoms with Crippen LogP contribution in [0.1, 0.15) is 98.4 Å². The largest absolute Gasteiger partial charge is 0.0843 e. The first-order valence-corrected chi connectivity index (χ1v) is 14.5. The lowest BCUT2D eigenvalue weighted by Gasteiger charge is -2.29. The molecular formula is C34H43Cl. The standard InChI is InChI=1S/C34H43Cl/c1-2-3-4-5-6-27-15-21-32(22-16-27)33-23-17-30(18-24-33)13-11-28-7-9-29(10-8-28)12-14-31-19-25-34(35)26-20-31/h7-10,15-16,19-22,25-26,30,33H,2-6,11-14,17-18,23-24H2,1H3. The third-order valence-electron chi connectivity index (χ3n) is 8.10. The number of aryl methyl sites for hydroxylation is 4. The summed E-state index contributed by atoms with van der Waals surface area (Å²) < 4.78 is 0. The molecule has 3 aromatic rings. The molecule has 1 fully saturated rings. The van der Waals surface area contributed by atoms with E-state index in [2.05, 4.69) is 67.6 Å². The van der Waals surface area contributed by atoms with E-state index in [4.69, 9.17) is 11.6 Å². The van der Waals surface area contributed by atoms with Crippen molar-refractivity contribution in [3.8, 4) is 0 Å². The smallest absolute Gasteiger partial charge is 0.0406 e.